The van der Waals surface area contributed by atoms with Gasteiger partial charge in [-0.15, -0.1) is 0 Å². The molecule has 0 unspecified atom stereocenters. The number of pyridine rings is 1. The number of halogens is 1. The average Bonchev–Trinajstić information content (AvgIpc) is 3.76. The van der Waals surface area contributed by atoms with Crippen LogP contribution in [0.5, 0.6) is 0 Å². The second-order valence-electron chi connectivity index (χ2n) is 9.19. The number of carbonyl (C=O) groups is 1. The van der Waals surface area contributed by atoms with Crippen molar-refractivity contribution in [3.05, 3.63) is 82.4 Å². The van der Waals surface area contributed by atoms with E-state index in [-0.39, 0.29) is 17.7 Å². The summed E-state index contributed by atoms with van der Waals surface area (Å²) in [5.74, 6) is 0.951. The molecule has 2 aliphatic carbocycles. The molecule has 2 aliphatic rings. The third-order valence-electron chi connectivity index (χ3n) is 6.53. The molecule has 3 heterocycles. The van der Waals surface area contributed by atoms with E-state index in [9.17, 15) is 4.79 Å². The van der Waals surface area contributed by atoms with Gasteiger partial charge in [0, 0.05) is 35.0 Å². The van der Waals surface area contributed by atoms with Gasteiger partial charge in [-0.3, -0.25) is 9.79 Å². The summed E-state index contributed by atoms with van der Waals surface area (Å²) in [5.41, 5.74) is 11.1. The number of hydrogen-bond acceptors (Lipinski definition) is 6. The molecule has 2 saturated carbocycles. The molecule has 1 aromatic carbocycles. The summed E-state index contributed by atoms with van der Waals surface area (Å²) in [6.07, 6.45) is 8.32. The molecule has 2 fully saturated rings. The SMILES string of the molecule is Nc1ccnc(NC(=O)[C@H]2C[C@@H]2c2cccc(Cl)c2)c1C=NCc1cn2nc(C3CC3)ccc2n1. The highest BCUT2D eigenvalue weighted by Gasteiger charge is 2.44. The topological polar surface area (TPSA) is 111 Å². The second kappa shape index (κ2) is 8.78. The third kappa shape index (κ3) is 4.61. The molecule has 0 spiro atoms. The average molecular weight is 486 g/mol. The summed E-state index contributed by atoms with van der Waals surface area (Å²) in [6, 6.07) is 13.4. The predicted octanol–water partition coefficient (Wildman–Crippen LogP) is 4.60. The predicted molar refractivity (Wildman–Crippen MR) is 136 cm³/mol. The monoisotopic (exact) mass is 485 g/mol. The largest absolute Gasteiger partial charge is 0.398 e. The maximum absolute atomic E-state index is 12.9. The van der Waals surface area contributed by atoms with Crippen molar-refractivity contribution in [3.8, 4) is 0 Å². The molecule has 176 valence electrons. The van der Waals surface area contributed by atoms with Crippen LogP contribution in [0.4, 0.5) is 11.5 Å². The number of nitrogens with one attached hydrogen (secondary N) is 1. The van der Waals surface area contributed by atoms with E-state index in [1.807, 2.05) is 41.0 Å². The molecule has 8 nitrogen and oxygen atoms in total. The number of anilines is 2. The van der Waals surface area contributed by atoms with E-state index in [0.29, 0.717) is 34.6 Å². The molecule has 0 bridgehead atoms. The van der Waals surface area contributed by atoms with Crippen molar-refractivity contribution in [1.82, 2.24) is 19.6 Å². The molecule has 1 amide bonds. The lowest BCUT2D eigenvalue weighted by atomic mass is 10.1. The van der Waals surface area contributed by atoms with E-state index in [1.165, 1.54) is 12.8 Å². The molecule has 0 saturated heterocycles. The van der Waals surface area contributed by atoms with Crippen LogP contribution in [0.1, 0.15) is 53.6 Å². The Balaban J connectivity index is 1.14. The molecule has 2 atom stereocenters. The first-order valence-electron chi connectivity index (χ1n) is 11.7. The fourth-order valence-electron chi connectivity index (χ4n) is 4.37. The first kappa shape index (κ1) is 21.7. The van der Waals surface area contributed by atoms with Crippen LogP contribution in [-0.2, 0) is 11.3 Å². The number of aromatic nitrogens is 4. The number of fused-ring (bicyclic) bond motifs is 1. The van der Waals surface area contributed by atoms with Gasteiger partial charge in [-0.1, -0.05) is 23.7 Å². The Morgan fingerprint density at radius 2 is 2.14 bits per heavy atom. The number of carbonyl (C=O) groups excluding carboxylic acids is 1. The number of benzene rings is 1. The van der Waals surface area contributed by atoms with Crippen LogP contribution in [-0.4, -0.2) is 31.7 Å². The van der Waals surface area contributed by atoms with E-state index >= 15 is 0 Å². The van der Waals surface area contributed by atoms with Crippen LogP contribution in [0, 0.1) is 5.92 Å². The molecule has 0 radical (unpaired) electrons. The van der Waals surface area contributed by atoms with Gasteiger partial charge in [0.1, 0.15) is 5.82 Å². The summed E-state index contributed by atoms with van der Waals surface area (Å²) in [7, 11) is 0. The number of amides is 1. The molecule has 35 heavy (non-hydrogen) atoms. The number of rotatable bonds is 7. The zero-order valence-corrected chi connectivity index (χ0v) is 19.7. The number of hydrogen-bond donors (Lipinski definition) is 2. The van der Waals surface area contributed by atoms with Gasteiger partial charge in [-0.2, -0.15) is 5.10 Å². The molecular weight excluding hydrogens is 462 g/mol. The van der Waals surface area contributed by atoms with Crippen molar-refractivity contribution in [2.45, 2.75) is 37.6 Å². The van der Waals surface area contributed by atoms with Gasteiger partial charge in [-0.25, -0.2) is 14.5 Å². The minimum atomic E-state index is -0.118. The summed E-state index contributed by atoms with van der Waals surface area (Å²) >= 11 is 6.10. The van der Waals surface area contributed by atoms with Crippen molar-refractivity contribution in [1.29, 1.82) is 0 Å². The van der Waals surface area contributed by atoms with Gasteiger partial charge < -0.3 is 11.1 Å². The lowest BCUT2D eigenvalue weighted by Gasteiger charge is -2.09. The first-order chi connectivity index (χ1) is 17.0. The quantitative estimate of drug-likeness (QED) is 0.372. The molecule has 3 N–H and O–H groups in total. The van der Waals surface area contributed by atoms with Gasteiger partial charge in [0.25, 0.3) is 0 Å². The standard InChI is InChI=1S/C26H24ClN7O/c27-17-3-1-2-16(10-17)19-11-20(19)26(35)32-25-21(22(28)8-9-30-25)13-29-12-18-14-34-24(31-18)7-6-23(33-34)15-4-5-15/h1-3,6-10,13-15,19-20H,4-5,11-12H2,(H3,28,30,32,35)/t19-,20+/m1/s1. The highest BCUT2D eigenvalue weighted by molar-refractivity contribution is 6.30. The van der Waals surface area contributed by atoms with Crippen molar-refractivity contribution in [2.24, 2.45) is 10.9 Å². The minimum Gasteiger partial charge on any atom is -0.398 e. The van der Waals surface area contributed by atoms with E-state index in [4.69, 9.17) is 17.3 Å². The van der Waals surface area contributed by atoms with E-state index < -0.39 is 0 Å². The number of nitrogen functional groups attached to an aromatic ring is 1. The number of nitrogens with zero attached hydrogens (tertiary/aromatic N) is 5. The fraction of sp³-hybridized carbons (Fsp3) is 0.269. The Morgan fingerprint density at radius 1 is 1.26 bits per heavy atom. The first-order valence-corrected chi connectivity index (χ1v) is 12.1. The van der Waals surface area contributed by atoms with Crippen molar-refractivity contribution >= 4 is 40.9 Å². The zero-order valence-electron chi connectivity index (χ0n) is 18.9. The van der Waals surface area contributed by atoms with Crippen LogP contribution in [0.2, 0.25) is 5.02 Å². The van der Waals surface area contributed by atoms with Crippen LogP contribution in [0.25, 0.3) is 5.65 Å². The minimum absolute atomic E-state index is 0.0828. The van der Waals surface area contributed by atoms with Crippen LogP contribution in [0.3, 0.4) is 0 Å². The Bertz CT molecular complexity index is 1460. The van der Waals surface area contributed by atoms with Gasteiger partial charge >= 0.3 is 0 Å². The molecule has 6 rings (SSSR count). The second-order valence-corrected chi connectivity index (χ2v) is 9.63. The van der Waals surface area contributed by atoms with E-state index in [0.717, 1.165) is 29.0 Å². The summed E-state index contributed by atoms with van der Waals surface area (Å²) in [6.45, 7) is 0.364. The Kier molecular flexibility index (Phi) is 5.45. The summed E-state index contributed by atoms with van der Waals surface area (Å²) < 4.78 is 1.81. The maximum atomic E-state index is 12.9. The molecule has 9 heteroatoms. The zero-order chi connectivity index (χ0) is 23.9. The molecule has 0 aliphatic heterocycles. The van der Waals surface area contributed by atoms with Crippen molar-refractivity contribution in [2.75, 3.05) is 11.1 Å². The van der Waals surface area contributed by atoms with Crippen LogP contribution < -0.4 is 11.1 Å². The molecule has 4 aromatic rings. The number of aliphatic imine (C=N–C) groups is 1. The van der Waals surface area contributed by atoms with Crippen LogP contribution >= 0.6 is 11.6 Å². The van der Waals surface area contributed by atoms with Gasteiger partial charge in [-0.05, 0) is 61.1 Å². The fourth-order valence-corrected chi connectivity index (χ4v) is 4.57. The smallest absolute Gasteiger partial charge is 0.229 e. The Morgan fingerprint density at radius 3 is 2.97 bits per heavy atom. The van der Waals surface area contributed by atoms with Crippen molar-refractivity contribution < 1.29 is 4.79 Å². The Labute approximate surface area is 207 Å². The van der Waals surface area contributed by atoms with E-state index in [1.54, 1.807) is 18.5 Å². The molecule has 3 aromatic heterocycles. The normalized spacial score (nSPS) is 19.3. The van der Waals surface area contributed by atoms with Crippen molar-refractivity contribution in [3.63, 3.8) is 0 Å². The maximum Gasteiger partial charge on any atom is 0.229 e. The lowest BCUT2D eigenvalue weighted by molar-refractivity contribution is -0.117. The number of imidazole rings is 1. The van der Waals surface area contributed by atoms with Gasteiger partial charge in [0.2, 0.25) is 5.91 Å². The third-order valence-corrected chi connectivity index (χ3v) is 6.76. The van der Waals surface area contributed by atoms with E-state index in [2.05, 4.69) is 31.4 Å². The van der Waals surface area contributed by atoms with Gasteiger partial charge in [0.05, 0.1) is 29.7 Å². The highest BCUT2D eigenvalue weighted by atomic mass is 35.5. The lowest BCUT2D eigenvalue weighted by Crippen LogP contribution is -2.17. The summed E-state index contributed by atoms with van der Waals surface area (Å²) in [5, 5.41) is 8.27. The summed E-state index contributed by atoms with van der Waals surface area (Å²) in [4.78, 5) is 26.3. The highest BCUT2D eigenvalue weighted by Crippen LogP contribution is 2.48. The molecular formula is C26H24ClN7O. The number of nitrogens with two attached hydrogens (primary N) is 1. The Hall–Kier alpha value is -3.78. The van der Waals surface area contributed by atoms with Gasteiger partial charge in [0.15, 0.2) is 5.65 Å². The van der Waals surface area contributed by atoms with Crippen LogP contribution in [0.15, 0.2) is 59.9 Å².